The van der Waals surface area contributed by atoms with E-state index in [1.807, 2.05) is 27.7 Å². The van der Waals surface area contributed by atoms with Crippen molar-refractivity contribution in [2.45, 2.75) is 128 Å². The number of carbonyl (C=O) groups excluding carboxylic acids is 3. The van der Waals surface area contributed by atoms with Gasteiger partial charge in [-0.1, -0.05) is 0 Å². The fourth-order valence-corrected chi connectivity index (χ4v) is 9.65. The molecule has 4 saturated heterocycles. The molecule has 4 fully saturated rings. The van der Waals surface area contributed by atoms with Gasteiger partial charge in [-0.3, -0.25) is 25.2 Å². The zero-order valence-electron chi connectivity index (χ0n) is 44.9. The summed E-state index contributed by atoms with van der Waals surface area (Å²) in [5, 5.41) is 15.1. The molecule has 0 saturated carbocycles. The number of carboxylic acid groups (broad SMARTS) is 1. The molecule has 428 valence electrons. The molecule has 5 N–H and O–H groups in total. The highest BCUT2D eigenvalue weighted by Gasteiger charge is 2.41. The molecule has 0 radical (unpaired) electrons. The number of ketones is 1. The molecule has 4 aromatic heterocycles. The van der Waals surface area contributed by atoms with Crippen molar-refractivity contribution in [1.29, 1.82) is 0 Å². The molecule has 10 heterocycles. The van der Waals surface area contributed by atoms with E-state index in [1.165, 1.54) is 12.3 Å². The summed E-state index contributed by atoms with van der Waals surface area (Å²) in [4.78, 5) is 75.8. The van der Waals surface area contributed by atoms with Gasteiger partial charge in [0, 0.05) is 70.5 Å². The van der Waals surface area contributed by atoms with Crippen molar-refractivity contribution in [2.24, 2.45) is 5.73 Å². The normalized spacial score (nSPS) is 21.5. The summed E-state index contributed by atoms with van der Waals surface area (Å²) in [5.41, 5.74) is 5.99. The summed E-state index contributed by atoms with van der Waals surface area (Å²) in [6.07, 6.45) is 5.18. The number of carboxylic acids is 1. The zero-order chi connectivity index (χ0) is 56.9. The standard InChI is InChI=1S/C27H33F2N5O5.C23H27N5O6.C3H7F2N/c1-26(2)38-16-19(39-26)15-37-18-9-11-30-23(13-18)32-25(36)34-17-5-4-12-33(14-17)21-7-6-20(31-24(21)34)22(35)8-10-27(3,28)29;1-23(2)33-13-16(34-23)12-32-15-7-8-24-19(10-15)26-22(31)28-14-4-3-9-27(11-14)18-6-5-17(21(29)30)25-20(18)28;1-3(4,5)2-6/h6-7,9,11,13,17,19H,4-5,8,10,12,14-16H2,1-3H3,(H,30,32,36);5-8,10,14,16H,3-4,9,11-13H2,1-2H3,(H,29,30)(H,24,26,31);2,6H2,1H3/t17-,19-;14-,16-;/m00./s1. The fourth-order valence-electron chi connectivity index (χ4n) is 9.65. The minimum atomic E-state index is -2.95. The third kappa shape index (κ3) is 15.4. The Morgan fingerprint density at radius 1 is 0.709 bits per heavy atom. The molecule has 4 aromatic rings. The van der Waals surface area contributed by atoms with Gasteiger partial charge in [-0.2, -0.15) is 0 Å². The van der Waals surface area contributed by atoms with Crippen molar-refractivity contribution in [1.82, 2.24) is 19.9 Å². The lowest BCUT2D eigenvalue weighted by Gasteiger charge is -2.45. The number of hydrogen-bond acceptors (Lipinski definition) is 17. The number of rotatable bonds is 14. The highest BCUT2D eigenvalue weighted by Crippen LogP contribution is 2.40. The van der Waals surface area contributed by atoms with Crippen molar-refractivity contribution >= 4 is 58.5 Å². The van der Waals surface area contributed by atoms with Crippen molar-refractivity contribution in [3.63, 3.8) is 0 Å². The minimum absolute atomic E-state index is 0.0618. The number of anilines is 6. The number of alkyl halides is 4. The molecule has 22 nitrogen and oxygen atoms in total. The van der Waals surface area contributed by atoms with Crippen LogP contribution in [0.15, 0.2) is 60.9 Å². The van der Waals surface area contributed by atoms with Gasteiger partial charge in [0.25, 0.3) is 5.92 Å². The van der Waals surface area contributed by atoms with Crippen molar-refractivity contribution in [3.05, 3.63) is 72.3 Å². The lowest BCUT2D eigenvalue weighted by molar-refractivity contribution is -0.141. The molecule has 26 heteroatoms. The maximum absolute atomic E-state index is 13.6. The lowest BCUT2D eigenvalue weighted by Crippen LogP contribution is -2.56. The Kier molecular flexibility index (Phi) is 17.8. The summed E-state index contributed by atoms with van der Waals surface area (Å²) in [5.74, 6) is -6.19. The summed E-state index contributed by atoms with van der Waals surface area (Å²) >= 11 is 0. The number of nitrogens with zero attached hydrogens (tertiary/aromatic N) is 8. The number of nitrogens with one attached hydrogen (secondary N) is 2. The van der Waals surface area contributed by atoms with Gasteiger partial charge in [0.05, 0.1) is 43.2 Å². The Bertz CT molecular complexity index is 2840. The first-order valence-electron chi connectivity index (χ1n) is 26.1. The van der Waals surface area contributed by atoms with E-state index in [4.69, 9.17) is 28.4 Å². The molecule has 6 aliphatic rings. The summed E-state index contributed by atoms with van der Waals surface area (Å²) < 4.78 is 83.6. The van der Waals surface area contributed by atoms with Crippen LogP contribution in [0.5, 0.6) is 11.5 Å². The fraction of sp³-hybridized carbons (Fsp3) is 0.547. The van der Waals surface area contributed by atoms with Crippen molar-refractivity contribution in [2.75, 3.05) is 89.4 Å². The van der Waals surface area contributed by atoms with Crippen LogP contribution in [0, 0.1) is 0 Å². The molecule has 0 aromatic carbocycles. The number of carbonyl (C=O) groups is 4. The first-order valence-corrected chi connectivity index (χ1v) is 26.1. The number of hydrogen-bond donors (Lipinski definition) is 4. The molecule has 10 rings (SSSR count). The molecule has 4 bridgehead atoms. The first kappa shape index (κ1) is 58.2. The minimum Gasteiger partial charge on any atom is -0.491 e. The van der Waals surface area contributed by atoms with Gasteiger partial charge in [-0.15, -0.1) is 0 Å². The van der Waals surface area contributed by atoms with Crippen molar-refractivity contribution in [3.8, 4) is 11.5 Å². The third-order valence-corrected chi connectivity index (χ3v) is 13.4. The van der Waals surface area contributed by atoms with Gasteiger partial charge >= 0.3 is 18.0 Å². The van der Waals surface area contributed by atoms with E-state index in [2.05, 4.69) is 46.1 Å². The van der Waals surface area contributed by atoms with E-state index >= 15 is 0 Å². The van der Waals surface area contributed by atoms with Gasteiger partial charge in [-0.25, -0.2) is 51.9 Å². The third-order valence-electron chi connectivity index (χ3n) is 13.4. The van der Waals surface area contributed by atoms with E-state index in [0.717, 1.165) is 64.0 Å². The predicted octanol–water partition coefficient (Wildman–Crippen LogP) is 7.97. The highest BCUT2D eigenvalue weighted by atomic mass is 19.3. The number of halogens is 4. The second-order valence-corrected chi connectivity index (χ2v) is 21.0. The van der Waals surface area contributed by atoms with Gasteiger partial charge in [0.15, 0.2) is 34.7 Å². The Morgan fingerprint density at radius 2 is 1.15 bits per heavy atom. The summed E-state index contributed by atoms with van der Waals surface area (Å²) in [6, 6.07) is 12.0. The van der Waals surface area contributed by atoms with Crippen LogP contribution in [0.4, 0.5) is 61.8 Å². The number of aromatic carboxylic acids is 1. The summed E-state index contributed by atoms with van der Waals surface area (Å²) in [6.45, 7) is 12.8. The van der Waals surface area contributed by atoms with E-state index in [-0.39, 0.29) is 48.7 Å². The Balaban J connectivity index is 0.000000190. The lowest BCUT2D eigenvalue weighted by atomic mass is 9.99. The van der Waals surface area contributed by atoms with E-state index < -0.39 is 60.2 Å². The molecular formula is C53H67F4N11O11. The second-order valence-electron chi connectivity index (χ2n) is 21.0. The maximum atomic E-state index is 13.6. The first-order chi connectivity index (χ1) is 37.3. The van der Waals surface area contributed by atoms with Crippen LogP contribution >= 0.6 is 0 Å². The number of Topliss-reactive ketones (excluding diaryl/α,β-unsaturated/α-hetero) is 1. The number of urea groups is 2. The SMILES string of the molecule is CC(F)(F)CCC(=O)c1ccc2c(n1)N(C(=O)Nc1cc(OC[C@H]3COC(C)(C)O3)ccn1)[C@H]1CCCN2C1.CC(F)(F)CN.CC1(C)OC[C@H](COc2ccnc(NC(=O)N3c4nc(C(=O)O)ccc4N4CCC[C@H]3C4)c2)O1. The zero-order valence-corrected chi connectivity index (χ0v) is 44.9. The van der Waals surface area contributed by atoms with Gasteiger partial charge < -0.3 is 49.1 Å². The maximum Gasteiger partial charge on any atom is 0.354 e. The van der Waals surface area contributed by atoms with Gasteiger partial charge in [0.2, 0.25) is 5.92 Å². The average Bonchev–Trinajstić information content (AvgIpc) is 4.00. The van der Waals surface area contributed by atoms with E-state index in [1.54, 1.807) is 58.5 Å². The number of amides is 4. The largest absolute Gasteiger partial charge is 0.491 e. The van der Waals surface area contributed by atoms with Crippen LogP contribution in [0.1, 0.15) is 101 Å². The molecule has 0 aliphatic carbocycles. The van der Waals surface area contributed by atoms with Crippen LogP contribution in [-0.2, 0) is 18.9 Å². The molecule has 4 amide bonds. The smallest absolute Gasteiger partial charge is 0.354 e. The Hall–Kier alpha value is -7.00. The molecular weight excluding hydrogens is 1040 g/mol. The van der Waals surface area contributed by atoms with Crippen molar-refractivity contribution < 1.29 is 70.3 Å². The van der Waals surface area contributed by atoms with Crippen LogP contribution in [0.25, 0.3) is 0 Å². The molecule has 0 spiro atoms. The van der Waals surface area contributed by atoms with Crippen LogP contribution in [-0.4, -0.2) is 156 Å². The number of ether oxygens (including phenoxy) is 6. The molecule has 4 atom stereocenters. The van der Waals surface area contributed by atoms with Gasteiger partial charge in [0.1, 0.15) is 54.3 Å². The quantitative estimate of drug-likeness (QED) is 0.0689. The number of aromatic nitrogens is 4. The molecule has 79 heavy (non-hydrogen) atoms. The van der Waals surface area contributed by atoms with E-state index in [9.17, 15) is 41.8 Å². The van der Waals surface area contributed by atoms with Crippen LogP contribution in [0.3, 0.4) is 0 Å². The second kappa shape index (κ2) is 24.2. The van der Waals surface area contributed by atoms with Crippen LogP contribution in [0.2, 0.25) is 0 Å². The molecule has 6 aliphatic heterocycles. The number of pyridine rings is 4. The van der Waals surface area contributed by atoms with Crippen LogP contribution < -0.4 is 45.4 Å². The van der Waals surface area contributed by atoms with E-state index in [0.29, 0.717) is 67.7 Å². The molecule has 0 unspecified atom stereocenters. The van der Waals surface area contributed by atoms with Gasteiger partial charge in [-0.05, 0) is 96.7 Å². The number of fused-ring (bicyclic) bond motifs is 8. The number of nitrogens with two attached hydrogens (primary N) is 1. The summed E-state index contributed by atoms with van der Waals surface area (Å²) in [7, 11) is 0. The Morgan fingerprint density at radius 3 is 1.56 bits per heavy atom. The Labute approximate surface area is 454 Å². The monoisotopic (exact) mass is 1110 g/mol. The predicted molar refractivity (Wildman–Crippen MR) is 282 cm³/mol. The average molecular weight is 1110 g/mol. The highest BCUT2D eigenvalue weighted by molar-refractivity contribution is 6.06. The number of piperidine rings is 2. The topological polar surface area (TPSA) is 258 Å².